The molecule has 2 amide bonds. The second kappa shape index (κ2) is 8.81. The molecule has 0 saturated carbocycles. The van der Waals surface area contributed by atoms with Crippen molar-refractivity contribution in [3.05, 3.63) is 54.1 Å². The quantitative estimate of drug-likeness (QED) is 0.758. The summed E-state index contributed by atoms with van der Waals surface area (Å²) in [7, 11) is -3.59. The van der Waals surface area contributed by atoms with Crippen LogP contribution in [0.25, 0.3) is 0 Å². The molecule has 0 saturated heterocycles. The first-order valence-electron chi connectivity index (χ1n) is 8.68. The molecule has 0 heterocycles. The van der Waals surface area contributed by atoms with Crippen molar-refractivity contribution < 1.29 is 18.0 Å². The summed E-state index contributed by atoms with van der Waals surface area (Å²) >= 11 is 0. The summed E-state index contributed by atoms with van der Waals surface area (Å²) in [6, 6.07) is 13.4. The highest BCUT2D eigenvalue weighted by molar-refractivity contribution is 7.91. The normalized spacial score (nSPS) is 11.3. The molecule has 0 aliphatic rings. The molecule has 0 spiro atoms. The Hall–Kier alpha value is -2.67. The van der Waals surface area contributed by atoms with Crippen LogP contribution in [0.4, 0.5) is 11.4 Å². The maximum atomic E-state index is 12.4. The van der Waals surface area contributed by atoms with Gasteiger partial charge in [-0.2, -0.15) is 0 Å². The Kier molecular flexibility index (Phi) is 6.74. The van der Waals surface area contributed by atoms with Crippen molar-refractivity contribution in [2.45, 2.75) is 38.0 Å². The van der Waals surface area contributed by atoms with Crippen LogP contribution in [0.3, 0.4) is 0 Å². The summed E-state index contributed by atoms with van der Waals surface area (Å²) in [6.45, 7) is 5.43. The van der Waals surface area contributed by atoms with Crippen LogP contribution in [-0.4, -0.2) is 26.0 Å². The number of anilines is 2. The maximum Gasteiger partial charge on any atom is 0.225 e. The highest BCUT2D eigenvalue weighted by Gasteiger charge is 2.17. The molecule has 0 fully saturated rings. The van der Waals surface area contributed by atoms with Gasteiger partial charge >= 0.3 is 0 Å². The number of carbonyl (C=O) groups is 2. The number of rotatable bonds is 7. The summed E-state index contributed by atoms with van der Waals surface area (Å²) < 4.78 is 24.9. The summed E-state index contributed by atoms with van der Waals surface area (Å²) in [5.41, 5.74) is 2.22. The highest BCUT2D eigenvalue weighted by atomic mass is 32.2. The number of carbonyl (C=O) groups excluding carboxylic acids is 2. The van der Waals surface area contributed by atoms with Crippen LogP contribution in [-0.2, 0) is 19.4 Å². The molecule has 7 heteroatoms. The molecule has 0 radical (unpaired) electrons. The number of amides is 2. The van der Waals surface area contributed by atoms with E-state index in [2.05, 4.69) is 10.6 Å². The first-order chi connectivity index (χ1) is 12.7. The van der Waals surface area contributed by atoms with Gasteiger partial charge in [0.05, 0.1) is 10.6 Å². The van der Waals surface area contributed by atoms with Crippen molar-refractivity contribution in [3.63, 3.8) is 0 Å². The molecule has 144 valence electrons. The van der Waals surface area contributed by atoms with Crippen molar-refractivity contribution in [2.24, 2.45) is 0 Å². The van der Waals surface area contributed by atoms with E-state index >= 15 is 0 Å². The number of sulfone groups is 1. The van der Waals surface area contributed by atoms with E-state index in [9.17, 15) is 18.0 Å². The molecule has 2 aromatic carbocycles. The average molecular weight is 388 g/mol. The van der Waals surface area contributed by atoms with E-state index in [4.69, 9.17) is 0 Å². The highest BCUT2D eigenvalue weighted by Crippen LogP contribution is 2.24. The number of para-hydroxylation sites is 1. The Labute approximate surface area is 159 Å². The lowest BCUT2D eigenvalue weighted by Crippen LogP contribution is -2.18. The third-order valence-electron chi connectivity index (χ3n) is 3.99. The average Bonchev–Trinajstić information content (AvgIpc) is 2.60. The lowest BCUT2D eigenvalue weighted by atomic mass is 10.0. The lowest BCUT2D eigenvalue weighted by Gasteiger charge is -2.13. The second-order valence-electron chi connectivity index (χ2n) is 6.56. The summed E-state index contributed by atoms with van der Waals surface area (Å²) in [5, 5.41) is 5.37. The van der Waals surface area contributed by atoms with Crippen molar-refractivity contribution in [1.82, 2.24) is 0 Å². The number of benzene rings is 2. The minimum atomic E-state index is -3.59. The van der Waals surface area contributed by atoms with E-state index in [1.54, 1.807) is 0 Å². The van der Waals surface area contributed by atoms with Gasteiger partial charge in [-0.05, 0) is 41.8 Å². The molecule has 0 aromatic heterocycles. The fraction of sp³-hybridized carbons (Fsp3) is 0.300. The topological polar surface area (TPSA) is 92.3 Å². The Morgan fingerprint density at radius 2 is 1.59 bits per heavy atom. The van der Waals surface area contributed by atoms with Crippen molar-refractivity contribution in [1.29, 1.82) is 0 Å². The molecule has 6 nitrogen and oxygen atoms in total. The zero-order valence-electron chi connectivity index (χ0n) is 15.7. The van der Waals surface area contributed by atoms with Crippen LogP contribution in [0, 0.1) is 0 Å². The summed E-state index contributed by atoms with van der Waals surface area (Å²) in [4.78, 5) is 23.3. The Bertz CT molecular complexity index is 919. The third-order valence-corrected chi connectivity index (χ3v) is 5.72. The monoisotopic (exact) mass is 388 g/mol. The minimum Gasteiger partial charge on any atom is -0.326 e. The molecule has 2 N–H and O–H groups in total. The molecular formula is C20H24N2O4S. The van der Waals surface area contributed by atoms with Gasteiger partial charge < -0.3 is 10.6 Å². The van der Waals surface area contributed by atoms with Crippen LogP contribution in [0.2, 0.25) is 0 Å². The maximum absolute atomic E-state index is 12.4. The van der Waals surface area contributed by atoms with Crippen molar-refractivity contribution in [3.8, 4) is 0 Å². The molecule has 27 heavy (non-hydrogen) atoms. The van der Waals surface area contributed by atoms with E-state index in [1.807, 2.05) is 38.1 Å². The Morgan fingerprint density at radius 3 is 2.19 bits per heavy atom. The van der Waals surface area contributed by atoms with Gasteiger partial charge in [0.15, 0.2) is 9.84 Å². The van der Waals surface area contributed by atoms with E-state index in [-0.39, 0.29) is 34.8 Å². The number of hydrogen-bond acceptors (Lipinski definition) is 4. The molecule has 0 bridgehead atoms. The van der Waals surface area contributed by atoms with Gasteiger partial charge in [-0.15, -0.1) is 0 Å². The van der Waals surface area contributed by atoms with Gasteiger partial charge in [0, 0.05) is 24.7 Å². The molecular weight excluding hydrogens is 364 g/mol. The van der Waals surface area contributed by atoms with Gasteiger partial charge in [0.1, 0.15) is 0 Å². The van der Waals surface area contributed by atoms with Gasteiger partial charge in [-0.3, -0.25) is 9.59 Å². The van der Waals surface area contributed by atoms with Crippen molar-refractivity contribution in [2.75, 3.05) is 16.4 Å². The third kappa shape index (κ3) is 5.92. The van der Waals surface area contributed by atoms with Gasteiger partial charge in [-0.1, -0.05) is 32.0 Å². The van der Waals surface area contributed by atoms with Gasteiger partial charge in [-0.25, -0.2) is 8.42 Å². The number of hydrogen-bond donors (Lipinski definition) is 2. The molecule has 2 aromatic rings. The largest absolute Gasteiger partial charge is 0.326 e. The molecule has 2 rings (SSSR count). The van der Waals surface area contributed by atoms with E-state index < -0.39 is 9.84 Å². The van der Waals surface area contributed by atoms with E-state index in [1.165, 1.54) is 31.2 Å². The lowest BCUT2D eigenvalue weighted by molar-refractivity contribution is -0.116. The summed E-state index contributed by atoms with van der Waals surface area (Å²) in [5.74, 6) is -0.625. The Balaban J connectivity index is 2.00. The van der Waals surface area contributed by atoms with Crippen molar-refractivity contribution >= 4 is 33.0 Å². The van der Waals surface area contributed by atoms with Crippen LogP contribution >= 0.6 is 0 Å². The Morgan fingerprint density at radius 1 is 0.963 bits per heavy atom. The van der Waals surface area contributed by atoms with Crippen LogP contribution in [0.15, 0.2) is 53.4 Å². The molecule has 0 unspecified atom stereocenters. The standard InChI is InChI=1S/C20H24N2O4S/c1-14(2)18-6-4-5-7-19(18)22-20(24)12-13-27(25,26)17-10-8-16(9-11-17)21-15(3)23/h4-11,14H,12-13H2,1-3H3,(H,21,23)(H,22,24). The zero-order chi connectivity index (χ0) is 20.0. The first-order valence-corrected chi connectivity index (χ1v) is 10.3. The van der Waals surface area contributed by atoms with Crippen LogP contribution in [0.1, 0.15) is 38.7 Å². The van der Waals surface area contributed by atoms with E-state index in [0.717, 1.165) is 5.56 Å². The smallest absolute Gasteiger partial charge is 0.225 e. The predicted molar refractivity (Wildman–Crippen MR) is 107 cm³/mol. The summed E-state index contributed by atoms with van der Waals surface area (Å²) in [6.07, 6.45) is -0.137. The van der Waals surface area contributed by atoms with Gasteiger partial charge in [0.25, 0.3) is 0 Å². The zero-order valence-corrected chi connectivity index (χ0v) is 16.5. The first kappa shape index (κ1) is 20.6. The second-order valence-corrected chi connectivity index (χ2v) is 8.67. The molecule has 0 aliphatic carbocycles. The van der Waals surface area contributed by atoms with E-state index in [0.29, 0.717) is 11.4 Å². The predicted octanol–water partition coefficient (Wildman–Crippen LogP) is 3.57. The minimum absolute atomic E-state index is 0.118. The number of nitrogens with one attached hydrogen (secondary N) is 2. The molecule has 0 aliphatic heterocycles. The van der Waals surface area contributed by atoms with Crippen LogP contribution < -0.4 is 10.6 Å². The SMILES string of the molecule is CC(=O)Nc1ccc(S(=O)(=O)CCC(=O)Nc2ccccc2C(C)C)cc1. The fourth-order valence-corrected chi connectivity index (χ4v) is 3.86. The van der Waals surface area contributed by atoms with Crippen LogP contribution in [0.5, 0.6) is 0 Å². The molecule has 0 atom stereocenters. The fourth-order valence-electron chi connectivity index (χ4n) is 2.62. The van der Waals surface area contributed by atoms with Gasteiger partial charge in [0.2, 0.25) is 11.8 Å².